The van der Waals surface area contributed by atoms with E-state index in [1.165, 1.54) is 0 Å². The van der Waals surface area contributed by atoms with Gasteiger partial charge in [-0.1, -0.05) is 6.92 Å². The Morgan fingerprint density at radius 1 is 1.83 bits per heavy atom. The molecule has 0 fully saturated rings. The predicted octanol–water partition coefficient (Wildman–Crippen LogP) is 0.478. The van der Waals surface area contributed by atoms with Crippen LogP contribution in [0.25, 0.3) is 0 Å². The van der Waals surface area contributed by atoms with Crippen LogP contribution >= 0.6 is 0 Å². The number of aliphatic carboxylic acids is 1. The van der Waals surface area contributed by atoms with Crippen molar-refractivity contribution >= 4 is 5.97 Å². The number of rotatable bonds is 1. The van der Waals surface area contributed by atoms with Gasteiger partial charge >= 0.3 is 23.3 Å². The van der Waals surface area contributed by atoms with E-state index in [2.05, 4.69) is 0 Å². The van der Waals surface area contributed by atoms with Gasteiger partial charge in [0.1, 0.15) is 0 Å². The van der Waals surface area contributed by atoms with E-state index in [4.69, 9.17) is 5.11 Å². The summed E-state index contributed by atoms with van der Waals surface area (Å²) in [5, 5.41) is 7.72. The Labute approximate surface area is 47.3 Å². The summed E-state index contributed by atoms with van der Waals surface area (Å²) in [6, 6.07) is 0. The van der Waals surface area contributed by atoms with Gasteiger partial charge in [-0.3, -0.25) is 4.79 Å². The van der Waals surface area contributed by atoms with E-state index < -0.39 is 5.97 Å². The summed E-state index contributed by atoms with van der Waals surface area (Å²) < 4.78 is 0. The fourth-order valence-electron chi connectivity index (χ4n) is 0. The van der Waals surface area contributed by atoms with Gasteiger partial charge in [-0.25, -0.2) is 0 Å². The van der Waals surface area contributed by atoms with Crippen LogP contribution in [-0.2, 0) is 22.2 Å². The summed E-state index contributed by atoms with van der Waals surface area (Å²) in [7, 11) is 0. The minimum absolute atomic E-state index is 0. The van der Waals surface area contributed by atoms with E-state index in [1.807, 2.05) is 0 Å². The van der Waals surface area contributed by atoms with Crippen LogP contribution in [0, 0.1) is 0 Å². The van der Waals surface area contributed by atoms with Crippen LogP contribution < -0.4 is 0 Å². The summed E-state index contributed by atoms with van der Waals surface area (Å²) >= 11 is 0. The van der Waals surface area contributed by atoms with E-state index >= 15 is 0 Å². The molecular formula is C3H6CrO2+3. The second-order valence-corrected chi connectivity index (χ2v) is 0.747. The number of hydrogen-bond donors (Lipinski definition) is 1. The number of hydrogen-bond acceptors (Lipinski definition) is 1. The summed E-state index contributed by atoms with van der Waals surface area (Å²) in [5.74, 6) is -0.745. The minimum atomic E-state index is -0.745. The van der Waals surface area contributed by atoms with Gasteiger partial charge in [-0.05, 0) is 0 Å². The first-order chi connectivity index (χ1) is 2.27. The molecule has 0 saturated carbocycles. The molecule has 0 heterocycles. The van der Waals surface area contributed by atoms with Gasteiger partial charge in [0.05, 0.1) is 0 Å². The van der Waals surface area contributed by atoms with Gasteiger partial charge in [-0.15, -0.1) is 0 Å². The van der Waals surface area contributed by atoms with E-state index in [9.17, 15) is 4.79 Å². The monoisotopic (exact) mass is 126 g/mol. The molecule has 2 nitrogen and oxygen atoms in total. The number of carbonyl (C=O) groups is 1. The van der Waals surface area contributed by atoms with Crippen LogP contribution in [0.5, 0.6) is 0 Å². The van der Waals surface area contributed by atoms with E-state index in [0.717, 1.165) is 0 Å². The maximum Gasteiger partial charge on any atom is 3.00 e. The first-order valence-electron chi connectivity index (χ1n) is 1.49. The molecule has 0 spiro atoms. The van der Waals surface area contributed by atoms with Crippen molar-refractivity contribution in [3.63, 3.8) is 0 Å². The fraction of sp³-hybridized carbons (Fsp3) is 0.667. The zero-order valence-electron chi connectivity index (χ0n) is 3.47. The summed E-state index contributed by atoms with van der Waals surface area (Å²) in [4.78, 5) is 9.37. The molecule has 0 rings (SSSR count). The molecule has 0 aromatic heterocycles. The Hall–Kier alpha value is 0.00247. The van der Waals surface area contributed by atoms with Crippen LogP contribution in [0.3, 0.4) is 0 Å². The topological polar surface area (TPSA) is 37.3 Å². The molecular weight excluding hydrogens is 120 g/mol. The molecule has 0 aliphatic rings. The van der Waals surface area contributed by atoms with Gasteiger partial charge in [0.25, 0.3) is 0 Å². The summed E-state index contributed by atoms with van der Waals surface area (Å²) in [6.45, 7) is 1.60. The quantitative estimate of drug-likeness (QED) is 0.554. The molecule has 0 saturated heterocycles. The maximum atomic E-state index is 9.37. The van der Waals surface area contributed by atoms with Crippen molar-refractivity contribution in [3.05, 3.63) is 0 Å². The average molecular weight is 126 g/mol. The Kier molecular flexibility index (Phi) is 7.82. The zero-order chi connectivity index (χ0) is 4.28. The standard InChI is InChI=1S/C3H6O2.Cr/c1-2-3(4)5;/h2H2,1H3,(H,4,5);/q;+3. The van der Waals surface area contributed by atoms with E-state index in [-0.39, 0.29) is 23.8 Å². The molecule has 0 aromatic rings. The van der Waals surface area contributed by atoms with Crippen molar-refractivity contribution < 1.29 is 27.3 Å². The second kappa shape index (κ2) is 5.00. The normalized spacial score (nSPS) is 6.17. The van der Waals surface area contributed by atoms with Gasteiger partial charge in [0.15, 0.2) is 0 Å². The molecule has 0 amide bonds. The molecule has 0 aliphatic heterocycles. The molecule has 33 valence electrons. The zero-order valence-corrected chi connectivity index (χ0v) is 4.75. The Morgan fingerprint density at radius 3 is 2.00 bits per heavy atom. The first-order valence-corrected chi connectivity index (χ1v) is 1.49. The maximum absolute atomic E-state index is 9.37. The third kappa shape index (κ3) is 9.00. The largest absolute Gasteiger partial charge is 3.00 e. The van der Waals surface area contributed by atoms with Crippen molar-refractivity contribution in [2.45, 2.75) is 13.3 Å². The SMILES string of the molecule is CCC(=O)O.[Cr+3]. The van der Waals surface area contributed by atoms with Crippen LogP contribution in [0.1, 0.15) is 13.3 Å². The van der Waals surface area contributed by atoms with Gasteiger partial charge < -0.3 is 5.11 Å². The summed E-state index contributed by atoms with van der Waals surface area (Å²) in [6.07, 6.45) is 0.222. The molecule has 6 heavy (non-hydrogen) atoms. The van der Waals surface area contributed by atoms with Crippen molar-refractivity contribution in [1.82, 2.24) is 0 Å². The number of carboxylic acids is 1. The smallest absolute Gasteiger partial charge is 0.481 e. The Balaban J connectivity index is 0. The van der Waals surface area contributed by atoms with Gasteiger partial charge in [0.2, 0.25) is 0 Å². The molecule has 1 radical (unpaired) electrons. The van der Waals surface area contributed by atoms with Crippen molar-refractivity contribution in [2.75, 3.05) is 0 Å². The molecule has 0 atom stereocenters. The van der Waals surface area contributed by atoms with E-state index in [1.54, 1.807) is 6.92 Å². The molecule has 0 bridgehead atoms. The molecule has 0 aliphatic carbocycles. The molecule has 0 aromatic carbocycles. The first kappa shape index (κ1) is 9.38. The summed E-state index contributed by atoms with van der Waals surface area (Å²) in [5.41, 5.74) is 0. The minimum Gasteiger partial charge on any atom is -0.481 e. The van der Waals surface area contributed by atoms with E-state index in [0.29, 0.717) is 0 Å². The van der Waals surface area contributed by atoms with Crippen molar-refractivity contribution in [1.29, 1.82) is 0 Å². The molecule has 1 N–H and O–H groups in total. The molecule has 0 unspecified atom stereocenters. The van der Waals surface area contributed by atoms with Gasteiger partial charge in [-0.2, -0.15) is 0 Å². The Morgan fingerprint density at radius 2 is 2.00 bits per heavy atom. The van der Waals surface area contributed by atoms with Crippen LogP contribution in [0.15, 0.2) is 0 Å². The van der Waals surface area contributed by atoms with Crippen LogP contribution in [0.2, 0.25) is 0 Å². The predicted molar refractivity (Wildman–Crippen MR) is 17.9 cm³/mol. The molecule has 3 heteroatoms. The van der Waals surface area contributed by atoms with Crippen molar-refractivity contribution in [3.8, 4) is 0 Å². The fourth-order valence-corrected chi connectivity index (χ4v) is 0. The van der Waals surface area contributed by atoms with Crippen LogP contribution in [0.4, 0.5) is 0 Å². The average Bonchev–Trinajstić information content (AvgIpc) is 1.38. The van der Waals surface area contributed by atoms with Gasteiger partial charge in [0, 0.05) is 6.42 Å². The number of carboxylic acid groups (broad SMARTS) is 1. The third-order valence-corrected chi connectivity index (χ3v) is 0.302. The third-order valence-electron chi connectivity index (χ3n) is 0.302. The second-order valence-electron chi connectivity index (χ2n) is 0.747. The van der Waals surface area contributed by atoms with Crippen LogP contribution in [-0.4, -0.2) is 11.1 Å². The van der Waals surface area contributed by atoms with Crippen molar-refractivity contribution in [2.24, 2.45) is 0 Å². The Bertz CT molecular complexity index is 44.1.